The van der Waals surface area contributed by atoms with Crippen molar-refractivity contribution in [2.45, 2.75) is 10.1 Å². The first-order valence-electron chi connectivity index (χ1n) is 8.07. The van der Waals surface area contributed by atoms with Crippen LogP contribution in [0.3, 0.4) is 0 Å². The molecule has 0 spiro atoms. The molecule has 0 bridgehead atoms. The van der Waals surface area contributed by atoms with Gasteiger partial charge in [-0.1, -0.05) is 0 Å². The van der Waals surface area contributed by atoms with Crippen LogP contribution in [0.25, 0.3) is 32.6 Å². The van der Waals surface area contributed by atoms with Gasteiger partial charge in [0.1, 0.15) is 16.6 Å². The number of aromatic nitrogens is 4. The van der Waals surface area contributed by atoms with E-state index in [9.17, 15) is 13.4 Å². The lowest BCUT2D eigenvalue weighted by Gasteiger charge is -2.05. The zero-order valence-electron chi connectivity index (χ0n) is 13.7. The van der Waals surface area contributed by atoms with Crippen LogP contribution in [-0.2, 0) is 10.8 Å². The summed E-state index contributed by atoms with van der Waals surface area (Å²) in [5, 5.41) is 2.30. The molecule has 132 valence electrons. The first kappa shape index (κ1) is 15.8. The first-order valence-corrected chi connectivity index (χ1v) is 9.22. The van der Waals surface area contributed by atoms with Gasteiger partial charge >= 0.3 is 0 Å². The molecule has 3 aromatic heterocycles. The molecule has 0 saturated carbocycles. The van der Waals surface area contributed by atoms with Gasteiger partial charge in [0.25, 0.3) is 5.56 Å². The molecule has 0 fully saturated rings. The zero-order valence-corrected chi connectivity index (χ0v) is 14.5. The molecule has 2 N–H and O–H groups in total. The number of hydrogen-bond donors (Lipinski definition) is 2. The molecule has 8 heteroatoms. The summed E-state index contributed by atoms with van der Waals surface area (Å²) in [6.45, 7) is 0. The highest BCUT2D eigenvalue weighted by Crippen LogP contribution is 2.33. The van der Waals surface area contributed by atoms with E-state index in [4.69, 9.17) is 0 Å². The van der Waals surface area contributed by atoms with Crippen molar-refractivity contribution in [3.63, 3.8) is 0 Å². The SMILES string of the molecule is O=c1[nH]ccc2c3nc(S(=O)c4ccncc4)[nH]c3c3ccc(F)cc3c12. The minimum absolute atomic E-state index is 0.259. The molecule has 6 nitrogen and oxygen atoms in total. The van der Waals surface area contributed by atoms with E-state index in [0.29, 0.717) is 37.5 Å². The summed E-state index contributed by atoms with van der Waals surface area (Å²) in [7, 11) is -1.54. The Morgan fingerprint density at radius 1 is 1.00 bits per heavy atom. The lowest BCUT2D eigenvalue weighted by Crippen LogP contribution is -2.05. The van der Waals surface area contributed by atoms with Crippen molar-refractivity contribution in [3.8, 4) is 0 Å². The second-order valence-electron chi connectivity index (χ2n) is 6.00. The van der Waals surface area contributed by atoms with Gasteiger partial charge in [0.2, 0.25) is 5.16 Å². The minimum Gasteiger partial charge on any atom is -0.330 e. The van der Waals surface area contributed by atoms with Gasteiger partial charge in [-0.05, 0) is 36.4 Å². The second-order valence-corrected chi connectivity index (χ2v) is 7.40. The summed E-state index contributed by atoms with van der Waals surface area (Å²) in [4.78, 5) is 27.1. The second kappa shape index (κ2) is 5.82. The molecule has 3 heterocycles. The van der Waals surface area contributed by atoms with Crippen LogP contribution in [0.4, 0.5) is 4.39 Å². The number of pyridine rings is 2. The Morgan fingerprint density at radius 3 is 2.63 bits per heavy atom. The predicted octanol–water partition coefficient (Wildman–Crippen LogP) is 3.26. The maximum atomic E-state index is 13.9. The summed E-state index contributed by atoms with van der Waals surface area (Å²) < 4.78 is 26.7. The molecule has 2 aromatic carbocycles. The third-order valence-electron chi connectivity index (χ3n) is 4.46. The number of H-pyrrole nitrogens is 2. The van der Waals surface area contributed by atoms with Crippen LogP contribution in [0, 0.1) is 5.82 Å². The molecule has 5 aromatic rings. The standard InChI is InChI=1S/C19H11FN4O2S/c20-10-1-2-12-14(9-10)15-13(5-8-22-18(15)25)17-16(12)23-19(24-17)27(26)11-3-6-21-7-4-11/h1-9H,(H,22,25)(H,23,24). The van der Waals surface area contributed by atoms with Crippen LogP contribution in [0.5, 0.6) is 0 Å². The van der Waals surface area contributed by atoms with Crippen molar-refractivity contribution < 1.29 is 8.60 Å². The Labute approximate surface area is 153 Å². The molecule has 0 saturated heterocycles. The van der Waals surface area contributed by atoms with E-state index in [-0.39, 0.29) is 10.7 Å². The van der Waals surface area contributed by atoms with Crippen molar-refractivity contribution >= 4 is 43.4 Å². The molecule has 0 aliphatic carbocycles. The summed E-state index contributed by atoms with van der Waals surface area (Å²) in [6, 6.07) is 9.26. The fraction of sp³-hybridized carbons (Fsp3) is 0. The topological polar surface area (TPSA) is 91.5 Å². The third kappa shape index (κ3) is 2.37. The number of nitrogens with one attached hydrogen (secondary N) is 2. The number of aromatic amines is 2. The third-order valence-corrected chi connectivity index (χ3v) is 5.70. The van der Waals surface area contributed by atoms with E-state index in [0.717, 1.165) is 0 Å². The fourth-order valence-corrected chi connectivity index (χ4v) is 4.25. The Bertz CT molecular complexity index is 1430. The lowest BCUT2D eigenvalue weighted by atomic mass is 10.0. The van der Waals surface area contributed by atoms with E-state index < -0.39 is 16.6 Å². The van der Waals surface area contributed by atoms with Gasteiger partial charge in [0.05, 0.1) is 16.4 Å². The Hall–Kier alpha value is -3.39. The molecule has 1 atom stereocenters. The van der Waals surface area contributed by atoms with Crippen molar-refractivity contribution in [2.75, 3.05) is 0 Å². The Kier molecular flexibility index (Phi) is 3.41. The molecule has 27 heavy (non-hydrogen) atoms. The maximum Gasteiger partial charge on any atom is 0.256 e. The smallest absolute Gasteiger partial charge is 0.256 e. The van der Waals surface area contributed by atoms with Gasteiger partial charge in [-0.3, -0.25) is 9.78 Å². The number of nitrogens with zero attached hydrogens (tertiary/aromatic N) is 2. The number of halogens is 1. The van der Waals surface area contributed by atoms with Crippen LogP contribution in [0.1, 0.15) is 0 Å². The van der Waals surface area contributed by atoms with Crippen LogP contribution < -0.4 is 5.56 Å². The van der Waals surface area contributed by atoms with Gasteiger partial charge in [-0.15, -0.1) is 0 Å². The highest BCUT2D eigenvalue weighted by Gasteiger charge is 2.18. The van der Waals surface area contributed by atoms with Crippen molar-refractivity contribution in [2.24, 2.45) is 0 Å². The number of fused-ring (bicyclic) bond motifs is 6. The van der Waals surface area contributed by atoms with Gasteiger partial charge in [-0.25, -0.2) is 13.6 Å². The molecule has 5 rings (SSSR count). The van der Waals surface area contributed by atoms with Crippen molar-refractivity contribution in [3.05, 3.63) is 71.2 Å². The van der Waals surface area contributed by atoms with Gasteiger partial charge < -0.3 is 9.97 Å². The van der Waals surface area contributed by atoms with Crippen LogP contribution in [-0.4, -0.2) is 24.1 Å². The number of rotatable bonds is 2. The molecule has 0 amide bonds. The zero-order chi connectivity index (χ0) is 18.5. The highest BCUT2D eigenvalue weighted by atomic mass is 32.2. The number of benzene rings is 2. The van der Waals surface area contributed by atoms with Gasteiger partial charge in [0.15, 0.2) is 0 Å². The fourth-order valence-electron chi connectivity index (χ4n) is 3.29. The molecule has 0 aliphatic rings. The van der Waals surface area contributed by atoms with Crippen molar-refractivity contribution in [1.82, 2.24) is 19.9 Å². The normalized spacial score (nSPS) is 12.8. The summed E-state index contributed by atoms with van der Waals surface area (Å²) >= 11 is 0. The van der Waals surface area contributed by atoms with Crippen LogP contribution in [0.15, 0.2) is 69.8 Å². The van der Waals surface area contributed by atoms with Gasteiger partial charge in [-0.2, -0.15) is 0 Å². The predicted molar refractivity (Wildman–Crippen MR) is 101 cm³/mol. The number of hydrogen-bond acceptors (Lipinski definition) is 4. The van der Waals surface area contributed by atoms with E-state index >= 15 is 0 Å². The molecule has 0 radical (unpaired) electrons. The summed E-state index contributed by atoms with van der Waals surface area (Å²) in [5.41, 5.74) is 0.804. The average molecular weight is 378 g/mol. The average Bonchev–Trinajstić information content (AvgIpc) is 3.13. The minimum atomic E-state index is -1.54. The summed E-state index contributed by atoms with van der Waals surface area (Å²) in [6.07, 6.45) is 4.63. The maximum absolute atomic E-state index is 13.9. The summed E-state index contributed by atoms with van der Waals surface area (Å²) in [5.74, 6) is -0.438. The van der Waals surface area contributed by atoms with E-state index in [1.165, 1.54) is 18.3 Å². The Morgan fingerprint density at radius 2 is 1.81 bits per heavy atom. The number of imidazole rings is 1. The lowest BCUT2D eigenvalue weighted by molar-refractivity contribution is 0.630. The monoisotopic (exact) mass is 378 g/mol. The van der Waals surface area contributed by atoms with E-state index in [1.807, 2.05) is 0 Å². The largest absolute Gasteiger partial charge is 0.330 e. The van der Waals surface area contributed by atoms with Crippen molar-refractivity contribution in [1.29, 1.82) is 0 Å². The first-order chi connectivity index (χ1) is 13.1. The molecule has 1 unspecified atom stereocenters. The van der Waals surface area contributed by atoms with Gasteiger partial charge in [0, 0.05) is 39.6 Å². The highest BCUT2D eigenvalue weighted by molar-refractivity contribution is 7.85. The van der Waals surface area contributed by atoms with E-state index in [1.54, 1.807) is 36.7 Å². The molecule has 0 aliphatic heterocycles. The van der Waals surface area contributed by atoms with E-state index in [2.05, 4.69) is 19.9 Å². The van der Waals surface area contributed by atoms with Crippen LogP contribution in [0.2, 0.25) is 0 Å². The Balaban J connectivity index is 1.91. The quantitative estimate of drug-likeness (QED) is 0.461. The molecular weight excluding hydrogens is 367 g/mol. The molecular formula is C19H11FN4O2S. The van der Waals surface area contributed by atoms with Crippen LogP contribution >= 0.6 is 0 Å².